The van der Waals surface area contributed by atoms with Gasteiger partial charge in [-0.15, -0.1) is 13.2 Å². The van der Waals surface area contributed by atoms with Crippen LogP contribution in [0.3, 0.4) is 0 Å². The molecule has 1 rings (SSSR count). The molecule has 0 spiro atoms. The molecule has 7 nitrogen and oxygen atoms in total. The van der Waals surface area contributed by atoms with Crippen LogP contribution in [-0.2, 0) is 6.54 Å². The molecule has 0 aliphatic rings. The first-order valence-corrected chi connectivity index (χ1v) is 5.29. The highest BCUT2D eigenvalue weighted by atomic mass is 16.3. The second-order valence-corrected chi connectivity index (χ2v) is 3.99. The molecule has 0 aliphatic heterocycles. The van der Waals surface area contributed by atoms with Crippen LogP contribution in [0, 0.1) is 0 Å². The van der Waals surface area contributed by atoms with Gasteiger partial charge in [-0.05, 0) is 12.8 Å². The summed E-state index contributed by atoms with van der Waals surface area (Å²) in [5, 5.41) is 10.2. The predicted octanol–water partition coefficient (Wildman–Crippen LogP) is -0.892. The number of H-pyrrole nitrogens is 2. The second kappa shape index (κ2) is 5.46. The van der Waals surface area contributed by atoms with E-state index in [0.29, 0.717) is 0 Å². The molecule has 1 aromatic heterocycles. The van der Waals surface area contributed by atoms with Crippen LogP contribution in [-0.4, -0.2) is 25.2 Å². The molecule has 0 aliphatic carbocycles. The van der Waals surface area contributed by atoms with Gasteiger partial charge in [-0.2, -0.15) is 0 Å². The lowest BCUT2D eigenvalue weighted by atomic mass is 9.95. The number of rotatable bonds is 6. The lowest BCUT2D eigenvalue weighted by Crippen LogP contribution is -2.48. The van der Waals surface area contributed by atoms with Gasteiger partial charge in [-0.3, -0.25) is 9.97 Å². The zero-order valence-corrected chi connectivity index (χ0v) is 9.81. The summed E-state index contributed by atoms with van der Waals surface area (Å²) in [6, 6.07) is 0. The van der Waals surface area contributed by atoms with E-state index >= 15 is 0 Å². The summed E-state index contributed by atoms with van der Waals surface area (Å²) in [7, 11) is 0. The van der Waals surface area contributed by atoms with Gasteiger partial charge < -0.3 is 5.11 Å². The van der Waals surface area contributed by atoms with Gasteiger partial charge in [0.1, 0.15) is 0 Å². The number of hydrogen-bond acceptors (Lipinski definition) is 4. The average Bonchev–Trinajstić information content (AvgIpc) is 2.24. The van der Waals surface area contributed by atoms with E-state index in [1.807, 2.05) is 9.97 Å². The van der Waals surface area contributed by atoms with E-state index in [9.17, 15) is 19.5 Å². The summed E-state index contributed by atoms with van der Waals surface area (Å²) in [6.45, 7) is 6.75. The van der Waals surface area contributed by atoms with E-state index in [4.69, 9.17) is 0 Å². The largest absolute Gasteiger partial charge is 0.387 e. The third kappa shape index (κ3) is 3.17. The van der Waals surface area contributed by atoms with Crippen LogP contribution in [0.4, 0.5) is 0 Å². The summed E-state index contributed by atoms with van der Waals surface area (Å²) in [4.78, 5) is 37.6. The molecule has 0 bridgehead atoms. The Kier molecular flexibility index (Phi) is 4.22. The summed E-state index contributed by atoms with van der Waals surface area (Å²) in [5.74, 6) is 0. The van der Waals surface area contributed by atoms with Crippen molar-refractivity contribution in [2.45, 2.75) is 25.0 Å². The third-order valence-electron chi connectivity index (χ3n) is 2.43. The fourth-order valence-electron chi connectivity index (χ4n) is 1.64. The van der Waals surface area contributed by atoms with Crippen LogP contribution in [0.5, 0.6) is 0 Å². The van der Waals surface area contributed by atoms with Gasteiger partial charge >= 0.3 is 17.1 Å². The minimum Gasteiger partial charge on any atom is -0.387 e. The average molecular weight is 253 g/mol. The van der Waals surface area contributed by atoms with Crippen molar-refractivity contribution >= 4 is 0 Å². The van der Waals surface area contributed by atoms with E-state index in [0.717, 1.165) is 4.57 Å². The van der Waals surface area contributed by atoms with Crippen molar-refractivity contribution in [3.8, 4) is 0 Å². The molecule has 0 amide bonds. The number of aliphatic hydroxyl groups is 1. The van der Waals surface area contributed by atoms with E-state index in [-0.39, 0.29) is 19.4 Å². The Bertz CT molecular complexity index is 563. The molecule has 0 unspecified atom stereocenters. The van der Waals surface area contributed by atoms with Gasteiger partial charge in [0, 0.05) is 0 Å². The van der Waals surface area contributed by atoms with Crippen LogP contribution < -0.4 is 17.1 Å². The molecular weight excluding hydrogens is 238 g/mol. The minimum atomic E-state index is -1.33. The molecule has 0 fully saturated rings. The Morgan fingerprint density at radius 3 is 1.94 bits per heavy atom. The summed E-state index contributed by atoms with van der Waals surface area (Å²) in [6.07, 6.45) is 3.33. The first-order chi connectivity index (χ1) is 8.41. The lowest BCUT2D eigenvalue weighted by Gasteiger charge is -2.25. The van der Waals surface area contributed by atoms with E-state index in [2.05, 4.69) is 13.2 Å². The zero-order valence-electron chi connectivity index (χ0n) is 9.81. The van der Waals surface area contributed by atoms with Crippen molar-refractivity contribution < 1.29 is 5.11 Å². The Morgan fingerprint density at radius 1 is 1.11 bits per heavy atom. The highest BCUT2D eigenvalue weighted by Crippen LogP contribution is 2.17. The molecule has 1 aromatic rings. The van der Waals surface area contributed by atoms with E-state index in [1.54, 1.807) is 0 Å². The molecular formula is C11H15N3O4. The van der Waals surface area contributed by atoms with Gasteiger partial charge in [-0.1, -0.05) is 12.2 Å². The summed E-state index contributed by atoms with van der Waals surface area (Å²) < 4.78 is 0.731. The Labute approximate surface area is 102 Å². The van der Waals surface area contributed by atoms with Crippen LogP contribution >= 0.6 is 0 Å². The second-order valence-electron chi connectivity index (χ2n) is 3.99. The monoisotopic (exact) mass is 253 g/mol. The molecule has 0 saturated heterocycles. The molecule has 0 aromatic carbocycles. The maximum atomic E-state index is 11.5. The predicted molar refractivity (Wildman–Crippen MR) is 66.5 cm³/mol. The molecule has 0 radical (unpaired) electrons. The molecule has 7 heteroatoms. The molecule has 0 saturated carbocycles. The first-order valence-electron chi connectivity index (χ1n) is 5.29. The zero-order chi connectivity index (χ0) is 13.8. The van der Waals surface area contributed by atoms with E-state index < -0.39 is 22.7 Å². The van der Waals surface area contributed by atoms with Crippen molar-refractivity contribution in [3.05, 3.63) is 56.8 Å². The standard InChI is InChI=1S/C11H15N3O4/c1-3-5-11(18,6-4-2)7-14-9(16)12-8(15)13-10(14)17/h3-4,18H,1-2,5-7H2,(H2,12,13,15,16,17). The van der Waals surface area contributed by atoms with Gasteiger partial charge in [0.05, 0.1) is 12.1 Å². The van der Waals surface area contributed by atoms with Crippen molar-refractivity contribution in [2.24, 2.45) is 0 Å². The molecule has 1 heterocycles. The number of nitrogens with one attached hydrogen (secondary N) is 2. The first kappa shape index (κ1) is 13.9. The number of aromatic nitrogens is 3. The van der Waals surface area contributed by atoms with Gasteiger partial charge in [-0.25, -0.2) is 19.0 Å². The number of aromatic amines is 2. The maximum Gasteiger partial charge on any atom is 0.333 e. The summed E-state index contributed by atoms with van der Waals surface area (Å²) >= 11 is 0. The molecule has 98 valence electrons. The topological polar surface area (TPSA) is 108 Å². The highest BCUT2D eigenvalue weighted by Gasteiger charge is 2.26. The minimum absolute atomic E-state index is 0.185. The van der Waals surface area contributed by atoms with Gasteiger partial charge in [0.15, 0.2) is 0 Å². The fraction of sp³-hybridized carbons (Fsp3) is 0.364. The van der Waals surface area contributed by atoms with Crippen molar-refractivity contribution in [3.63, 3.8) is 0 Å². The highest BCUT2D eigenvalue weighted by molar-refractivity contribution is 4.92. The normalized spacial score (nSPS) is 11.2. The SMILES string of the molecule is C=CCC(O)(CC=C)Cn1c(=O)[nH]c(=O)[nH]c1=O. The Hall–Kier alpha value is -2.15. The molecule has 18 heavy (non-hydrogen) atoms. The third-order valence-corrected chi connectivity index (χ3v) is 2.43. The molecule has 3 N–H and O–H groups in total. The van der Waals surface area contributed by atoms with Crippen LogP contribution in [0.2, 0.25) is 0 Å². The number of nitrogens with zero attached hydrogens (tertiary/aromatic N) is 1. The smallest absolute Gasteiger partial charge is 0.333 e. The number of hydrogen-bond donors (Lipinski definition) is 3. The van der Waals surface area contributed by atoms with Crippen LogP contribution in [0.15, 0.2) is 39.7 Å². The van der Waals surface area contributed by atoms with Crippen molar-refractivity contribution in [1.29, 1.82) is 0 Å². The van der Waals surface area contributed by atoms with Gasteiger partial charge in [0.2, 0.25) is 0 Å². The molecule has 0 atom stereocenters. The fourth-order valence-corrected chi connectivity index (χ4v) is 1.64. The van der Waals surface area contributed by atoms with E-state index in [1.165, 1.54) is 12.2 Å². The maximum absolute atomic E-state index is 11.5. The summed E-state index contributed by atoms with van der Waals surface area (Å²) in [5.41, 5.74) is -3.94. The van der Waals surface area contributed by atoms with Crippen molar-refractivity contribution in [1.82, 2.24) is 14.5 Å². The Morgan fingerprint density at radius 2 is 1.56 bits per heavy atom. The lowest BCUT2D eigenvalue weighted by molar-refractivity contribution is 0.0258. The van der Waals surface area contributed by atoms with Crippen molar-refractivity contribution in [2.75, 3.05) is 0 Å². The quantitative estimate of drug-likeness (QED) is 0.571. The van der Waals surface area contributed by atoms with Crippen LogP contribution in [0.25, 0.3) is 0 Å². The van der Waals surface area contributed by atoms with Gasteiger partial charge in [0.25, 0.3) is 0 Å². The Balaban J connectivity index is 3.20. The van der Waals surface area contributed by atoms with Crippen LogP contribution in [0.1, 0.15) is 12.8 Å².